The second-order valence-corrected chi connectivity index (χ2v) is 7.94. The molecule has 1 aromatic heterocycles. The zero-order valence-electron chi connectivity index (χ0n) is 16.4. The van der Waals surface area contributed by atoms with Gasteiger partial charge in [-0.1, -0.05) is 24.3 Å². The van der Waals surface area contributed by atoms with Crippen molar-refractivity contribution in [1.29, 1.82) is 0 Å². The van der Waals surface area contributed by atoms with Crippen LogP contribution in [0.4, 0.5) is 0 Å². The highest BCUT2D eigenvalue weighted by molar-refractivity contribution is 7.90. The first kappa shape index (κ1) is 21.3. The van der Waals surface area contributed by atoms with Crippen molar-refractivity contribution in [2.75, 3.05) is 6.61 Å². The van der Waals surface area contributed by atoms with E-state index >= 15 is 0 Å². The molecule has 0 saturated heterocycles. The van der Waals surface area contributed by atoms with Crippen LogP contribution in [-0.4, -0.2) is 31.9 Å². The topological polar surface area (TPSA) is 112 Å². The van der Waals surface area contributed by atoms with Crippen molar-refractivity contribution in [1.82, 2.24) is 9.71 Å². The Labute approximate surface area is 173 Å². The van der Waals surface area contributed by atoms with Crippen molar-refractivity contribution in [2.45, 2.75) is 25.3 Å². The maximum absolute atomic E-state index is 12.9. The lowest BCUT2D eigenvalue weighted by atomic mass is 10.1. The number of pyridine rings is 1. The Morgan fingerprint density at radius 3 is 2.43 bits per heavy atom. The Bertz CT molecular complexity index is 1190. The van der Waals surface area contributed by atoms with Crippen molar-refractivity contribution in [2.24, 2.45) is 0 Å². The van der Waals surface area contributed by atoms with Gasteiger partial charge in [0, 0.05) is 23.9 Å². The van der Waals surface area contributed by atoms with Gasteiger partial charge in [-0.3, -0.25) is 14.6 Å². The number of esters is 1. The van der Waals surface area contributed by atoms with Crippen LogP contribution in [0.1, 0.15) is 29.9 Å². The molecule has 0 unspecified atom stereocenters. The van der Waals surface area contributed by atoms with Gasteiger partial charge < -0.3 is 9.47 Å². The first-order valence-electron chi connectivity index (χ1n) is 9.12. The molecule has 1 heterocycles. The quantitative estimate of drug-likeness (QED) is 0.576. The van der Waals surface area contributed by atoms with Crippen molar-refractivity contribution in [3.63, 3.8) is 0 Å². The van der Waals surface area contributed by atoms with Gasteiger partial charge in [0.05, 0.1) is 22.8 Å². The van der Waals surface area contributed by atoms with Gasteiger partial charge in [-0.05, 0) is 31.2 Å². The molecule has 0 atom stereocenters. The highest BCUT2D eigenvalue weighted by Crippen LogP contribution is 2.30. The summed E-state index contributed by atoms with van der Waals surface area (Å²) in [5.41, 5.74) is 0.488. The summed E-state index contributed by atoms with van der Waals surface area (Å²) in [6.45, 7) is 3.52. The Kier molecular flexibility index (Phi) is 6.31. The average Bonchev–Trinajstić information content (AvgIpc) is 2.72. The fourth-order valence-electron chi connectivity index (χ4n) is 2.82. The Balaban J connectivity index is 1.85. The molecule has 0 spiro atoms. The fraction of sp³-hybridized carbons (Fsp3) is 0.190. The third-order valence-corrected chi connectivity index (χ3v) is 5.56. The SMILES string of the molecule is CCOc1cccc2c(S(=O)(=O)NC(=O)c3ccc(COC(C)=O)nc3)cccc12. The van der Waals surface area contributed by atoms with E-state index in [-0.39, 0.29) is 17.1 Å². The third-order valence-electron chi connectivity index (χ3n) is 4.17. The lowest BCUT2D eigenvalue weighted by Crippen LogP contribution is -2.30. The smallest absolute Gasteiger partial charge is 0.303 e. The van der Waals surface area contributed by atoms with E-state index in [1.54, 1.807) is 30.3 Å². The second kappa shape index (κ2) is 8.91. The number of hydrogen-bond donors (Lipinski definition) is 1. The monoisotopic (exact) mass is 428 g/mol. The Hall–Kier alpha value is -3.46. The summed E-state index contributed by atoms with van der Waals surface area (Å²) in [6.07, 6.45) is 1.22. The van der Waals surface area contributed by atoms with E-state index in [0.717, 1.165) is 0 Å². The van der Waals surface area contributed by atoms with Gasteiger partial charge in [0.15, 0.2) is 0 Å². The maximum Gasteiger partial charge on any atom is 0.303 e. The van der Waals surface area contributed by atoms with Gasteiger partial charge in [-0.15, -0.1) is 0 Å². The van der Waals surface area contributed by atoms with E-state index in [1.807, 2.05) is 6.92 Å². The first-order valence-corrected chi connectivity index (χ1v) is 10.6. The zero-order chi connectivity index (χ0) is 21.7. The van der Waals surface area contributed by atoms with Gasteiger partial charge in [-0.2, -0.15) is 0 Å². The molecule has 8 nitrogen and oxygen atoms in total. The average molecular weight is 428 g/mol. The van der Waals surface area contributed by atoms with Crippen LogP contribution in [0.2, 0.25) is 0 Å². The molecule has 9 heteroatoms. The molecular formula is C21H20N2O6S. The first-order chi connectivity index (χ1) is 14.3. The van der Waals surface area contributed by atoms with Gasteiger partial charge in [0.25, 0.3) is 15.9 Å². The number of benzene rings is 2. The number of ether oxygens (including phenoxy) is 2. The lowest BCUT2D eigenvalue weighted by Gasteiger charge is -2.12. The number of nitrogens with one attached hydrogen (secondary N) is 1. The van der Waals surface area contributed by atoms with E-state index in [0.29, 0.717) is 28.8 Å². The van der Waals surface area contributed by atoms with Gasteiger partial charge in [0.2, 0.25) is 0 Å². The number of fused-ring (bicyclic) bond motifs is 1. The molecular weight excluding hydrogens is 408 g/mol. The summed E-state index contributed by atoms with van der Waals surface area (Å²) in [7, 11) is -4.15. The van der Waals surface area contributed by atoms with Crippen LogP contribution in [-0.2, 0) is 26.2 Å². The molecule has 30 heavy (non-hydrogen) atoms. The van der Waals surface area contributed by atoms with Crippen molar-refractivity contribution in [3.8, 4) is 5.75 Å². The van der Waals surface area contributed by atoms with Crippen LogP contribution < -0.4 is 9.46 Å². The molecule has 2 aromatic carbocycles. The van der Waals surface area contributed by atoms with Gasteiger partial charge in [-0.25, -0.2) is 13.1 Å². The minimum absolute atomic E-state index is 0.0330. The van der Waals surface area contributed by atoms with Crippen LogP contribution in [0.5, 0.6) is 5.75 Å². The number of nitrogens with zero attached hydrogens (tertiary/aromatic N) is 1. The molecule has 1 amide bonds. The van der Waals surface area contributed by atoms with E-state index in [1.165, 1.54) is 31.3 Å². The van der Waals surface area contributed by atoms with E-state index < -0.39 is 21.9 Å². The number of rotatable bonds is 7. The number of sulfonamides is 1. The van der Waals surface area contributed by atoms with Crippen LogP contribution in [0.3, 0.4) is 0 Å². The third kappa shape index (κ3) is 4.74. The van der Waals surface area contributed by atoms with E-state index in [2.05, 4.69) is 9.71 Å². The molecule has 1 N–H and O–H groups in total. The summed E-state index contributed by atoms with van der Waals surface area (Å²) in [4.78, 5) is 27.3. The molecule has 0 aliphatic heterocycles. The number of amides is 1. The van der Waals surface area contributed by atoms with Gasteiger partial charge >= 0.3 is 5.97 Å². The summed E-state index contributed by atoms with van der Waals surface area (Å²) >= 11 is 0. The highest BCUT2D eigenvalue weighted by atomic mass is 32.2. The number of hydrogen-bond acceptors (Lipinski definition) is 7. The molecule has 0 aliphatic carbocycles. The molecule has 156 valence electrons. The molecule has 0 saturated carbocycles. The lowest BCUT2D eigenvalue weighted by molar-refractivity contribution is -0.142. The van der Waals surface area contributed by atoms with Gasteiger partial charge in [0.1, 0.15) is 12.4 Å². The summed E-state index contributed by atoms with van der Waals surface area (Å²) in [5.74, 6) is -0.710. The predicted molar refractivity (Wildman–Crippen MR) is 109 cm³/mol. The number of carbonyl (C=O) groups is 2. The molecule has 3 rings (SSSR count). The number of aromatic nitrogens is 1. The molecule has 0 fully saturated rings. The van der Waals surface area contributed by atoms with E-state index in [9.17, 15) is 18.0 Å². The van der Waals surface area contributed by atoms with Crippen molar-refractivity contribution >= 4 is 32.7 Å². The predicted octanol–water partition coefficient (Wildman–Crippen LogP) is 2.82. The largest absolute Gasteiger partial charge is 0.493 e. The zero-order valence-corrected chi connectivity index (χ0v) is 17.2. The number of carbonyl (C=O) groups excluding carboxylic acids is 2. The summed E-state index contributed by atoms with van der Waals surface area (Å²) in [5, 5.41) is 1.07. The van der Waals surface area contributed by atoms with Crippen LogP contribution in [0, 0.1) is 0 Å². The minimum Gasteiger partial charge on any atom is -0.493 e. The minimum atomic E-state index is -4.15. The molecule has 0 radical (unpaired) electrons. The standard InChI is InChI=1S/C21H20N2O6S/c1-3-28-19-8-4-7-18-17(19)6-5-9-20(18)30(26,27)23-21(25)15-10-11-16(22-12-15)13-29-14(2)24/h4-12H,3,13H2,1-2H3,(H,23,25). The molecule has 0 bridgehead atoms. The fourth-order valence-corrected chi connectivity index (χ4v) is 4.02. The maximum atomic E-state index is 12.9. The van der Waals surface area contributed by atoms with Crippen LogP contribution in [0.15, 0.2) is 59.6 Å². The van der Waals surface area contributed by atoms with Crippen LogP contribution >= 0.6 is 0 Å². The molecule has 0 aliphatic rings. The highest BCUT2D eigenvalue weighted by Gasteiger charge is 2.22. The second-order valence-electron chi connectivity index (χ2n) is 6.29. The normalized spacial score (nSPS) is 11.1. The summed E-state index contributed by atoms with van der Waals surface area (Å²) < 4.78 is 38.2. The Morgan fingerprint density at radius 2 is 1.77 bits per heavy atom. The van der Waals surface area contributed by atoms with Crippen molar-refractivity contribution < 1.29 is 27.5 Å². The Morgan fingerprint density at radius 1 is 1.03 bits per heavy atom. The van der Waals surface area contributed by atoms with E-state index in [4.69, 9.17) is 9.47 Å². The van der Waals surface area contributed by atoms with Crippen LogP contribution in [0.25, 0.3) is 10.8 Å². The van der Waals surface area contributed by atoms with Crippen molar-refractivity contribution in [3.05, 3.63) is 66.0 Å². The molecule has 3 aromatic rings. The summed E-state index contributed by atoms with van der Waals surface area (Å²) in [6, 6.07) is 12.8.